The average Bonchev–Trinajstić information content (AvgIpc) is 2.52. The lowest BCUT2D eigenvalue weighted by molar-refractivity contribution is -0.120. The number of H-pyrrole nitrogens is 1. The maximum absolute atomic E-state index is 11.7. The minimum Gasteiger partial charge on any atom is -0.394 e. The smallest absolute Gasteiger partial charge is 0.228 e. The molecule has 0 spiro atoms. The first-order valence-corrected chi connectivity index (χ1v) is 5.21. The van der Waals surface area contributed by atoms with Crippen LogP contribution in [0.4, 0.5) is 11.5 Å². The van der Waals surface area contributed by atoms with Gasteiger partial charge in [-0.2, -0.15) is 5.10 Å². The zero-order valence-corrected chi connectivity index (χ0v) is 9.42. The Labute approximate surface area is 89.4 Å². The van der Waals surface area contributed by atoms with Crippen molar-refractivity contribution in [2.24, 2.45) is 5.92 Å². The molecule has 0 aromatic carbocycles. The van der Waals surface area contributed by atoms with Crippen molar-refractivity contribution in [3.8, 4) is 0 Å². The fourth-order valence-corrected chi connectivity index (χ4v) is 1.41. The molecular formula is C10H18N4O. The molecule has 0 aliphatic rings. The highest BCUT2D eigenvalue weighted by Crippen LogP contribution is 2.19. The summed E-state index contributed by atoms with van der Waals surface area (Å²) in [5, 5.41) is 9.38. The Morgan fingerprint density at radius 3 is 2.53 bits per heavy atom. The number of amides is 1. The molecule has 0 saturated heterocycles. The monoisotopic (exact) mass is 210 g/mol. The van der Waals surface area contributed by atoms with Gasteiger partial charge in [0.1, 0.15) is 0 Å². The highest BCUT2D eigenvalue weighted by atomic mass is 16.1. The maximum Gasteiger partial charge on any atom is 0.228 e. The number of carbonyl (C=O) groups excluding carboxylic acids is 1. The summed E-state index contributed by atoms with van der Waals surface area (Å²) >= 11 is 0. The first-order chi connectivity index (χ1) is 7.10. The topological polar surface area (TPSA) is 83.8 Å². The number of hydrogen-bond acceptors (Lipinski definition) is 3. The SMILES string of the molecule is CCC(CC)C(=O)Nc1n[nH]c(C)c1N. The van der Waals surface area contributed by atoms with E-state index < -0.39 is 0 Å². The molecule has 4 N–H and O–H groups in total. The van der Waals surface area contributed by atoms with Crippen molar-refractivity contribution in [1.29, 1.82) is 0 Å². The molecule has 1 amide bonds. The van der Waals surface area contributed by atoms with Gasteiger partial charge in [-0.05, 0) is 19.8 Å². The molecule has 1 aromatic rings. The van der Waals surface area contributed by atoms with Crippen LogP contribution in [0.15, 0.2) is 0 Å². The van der Waals surface area contributed by atoms with E-state index in [0.717, 1.165) is 18.5 Å². The maximum atomic E-state index is 11.7. The van der Waals surface area contributed by atoms with Gasteiger partial charge in [0.05, 0.1) is 11.4 Å². The molecule has 0 bridgehead atoms. The van der Waals surface area contributed by atoms with Crippen molar-refractivity contribution in [2.45, 2.75) is 33.6 Å². The summed E-state index contributed by atoms with van der Waals surface area (Å²) in [6, 6.07) is 0. The van der Waals surface area contributed by atoms with Crippen LogP contribution in [0.1, 0.15) is 32.4 Å². The predicted octanol–water partition coefficient (Wildman–Crippen LogP) is 1.68. The number of rotatable bonds is 4. The second-order valence-electron chi connectivity index (χ2n) is 3.61. The molecule has 15 heavy (non-hydrogen) atoms. The van der Waals surface area contributed by atoms with Gasteiger partial charge < -0.3 is 11.1 Å². The molecule has 1 aromatic heterocycles. The van der Waals surface area contributed by atoms with Crippen LogP contribution in [0.2, 0.25) is 0 Å². The zero-order chi connectivity index (χ0) is 11.4. The average molecular weight is 210 g/mol. The third kappa shape index (κ3) is 2.49. The zero-order valence-electron chi connectivity index (χ0n) is 9.42. The molecule has 1 rings (SSSR count). The van der Waals surface area contributed by atoms with Crippen LogP contribution in [-0.2, 0) is 4.79 Å². The quantitative estimate of drug-likeness (QED) is 0.706. The van der Waals surface area contributed by atoms with Crippen LogP contribution >= 0.6 is 0 Å². The summed E-state index contributed by atoms with van der Waals surface area (Å²) in [5.41, 5.74) is 7.01. The molecule has 0 aliphatic heterocycles. The van der Waals surface area contributed by atoms with Crippen molar-refractivity contribution in [1.82, 2.24) is 10.2 Å². The van der Waals surface area contributed by atoms with Gasteiger partial charge in [0.2, 0.25) is 5.91 Å². The van der Waals surface area contributed by atoms with E-state index in [-0.39, 0.29) is 11.8 Å². The Hall–Kier alpha value is -1.52. The normalized spacial score (nSPS) is 10.7. The van der Waals surface area contributed by atoms with Gasteiger partial charge in [0, 0.05) is 5.92 Å². The van der Waals surface area contributed by atoms with Crippen molar-refractivity contribution in [3.05, 3.63) is 5.69 Å². The summed E-state index contributed by atoms with van der Waals surface area (Å²) in [4.78, 5) is 11.7. The summed E-state index contributed by atoms with van der Waals surface area (Å²) in [6.07, 6.45) is 1.65. The van der Waals surface area contributed by atoms with Gasteiger partial charge >= 0.3 is 0 Å². The Kier molecular flexibility index (Phi) is 3.71. The van der Waals surface area contributed by atoms with E-state index in [4.69, 9.17) is 5.73 Å². The van der Waals surface area contributed by atoms with Crippen LogP contribution in [0.3, 0.4) is 0 Å². The van der Waals surface area contributed by atoms with Crippen LogP contribution in [0.25, 0.3) is 0 Å². The molecule has 5 heteroatoms. The van der Waals surface area contributed by atoms with Gasteiger partial charge in [0.25, 0.3) is 0 Å². The fraction of sp³-hybridized carbons (Fsp3) is 0.600. The van der Waals surface area contributed by atoms with Crippen molar-refractivity contribution < 1.29 is 4.79 Å². The van der Waals surface area contributed by atoms with Crippen LogP contribution in [0.5, 0.6) is 0 Å². The Balaban J connectivity index is 2.70. The van der Waals surface area contributed by atoms with Crippen molar-refractivity contribution in [3.63, 3.8) is 0 Å². The summed E-state index contributed by atoms with van der Waals surface area (Å²) in [6.45, 7) is 5.80. The molecule has 1 heterocycles. The molecule has 0 unspecified atom stereocenters. The van der Waals surface area contributed by atoms with E-state index in [1.807, 2.05) is 20.8 Å². The number of aryl methyl sites for hydroxylation is 1. The Bertz CT molecular complexity index is 341. The Morgan fingerprint density at radius 1 is 1.53 bits per heavy atom. The fourth-order valence-electron chi connectivity index (χ4n) is 1.41. The number of hydrogen-bond donors (Lipinski definition) is 3. The number of nitrogen functional groups attached to an aromatic ring is 1. The molecule has 5 nitrogen and oxygen atoms in total. The highest BCUT2D eigenvalue weighted by molar-refractivity contribution is 5.94. The molecule has 0 fully saturated rings. The second kappa shape index (κ2) is 4.82. The van der Waals surface area contributed by atoms with E-state index in [2.05, 4.69) is 15.5 Å². The minimum absolute atomic E-state index is 0.0156. The van der Waals surface area contributed by atoms with E-state index >= 15 is 0 Å². The van der Waals surface area contributed by atoms with E-state index in [9.17, 15) is 4.79 Å². The van der Waals surface area contributed by atoms with Gasteiger partial charge in [0.15, 0.2) is 5.82 Å². The standard InChI is InChI=1S/C10H18N4O/c1-4-7(5-2)10(15)12-9-8(11)6(3)13-14-9/h7H,4-5,11H2,1-3H3,(H2,12,13,14,15). The number of nitrogens with zero attached hydrogens (tertiary/aromatic N) is 1. The largest absolute Gasteiger partial charge is 0.394 e. The number of nitrogens with one attached hydrogen (secondary N) is 2. The molecule has 0 radical (unpaired) electrons. The minimum atomic E-state index is -0.0156. The number of anilines is 2. The number of carbonyl (C=O) groups is 1. The first kappa shape index (κ1) is 11.6. The highest BCUT2D eigenvalue weighted by Gasteiger charge is 2.16. The third-order valence-electron chi connectivity index (χ3n) is 2.59. The lowest BCUT2D eigenvalue weighted by atomic mass is 10.0. The second-order valence-corrected chi connectivity index (χ2v) is 3.61. The van der Waals surface area contributed by atoms with Gasteiger partial charge in [-0.3, -0.25) is 9.89 Å². The van der Waals surface area contributed by atoms with E-state index in [0.29, 0.717) is 11.5 Å². The van der Waals surface area contributed by atoms with Gasteiger partial charge in [-0.15, -0.1) is 0 Å². The van der Waals surface area contributed by atoms with Crippen LogP contribution < -0.4 is 11.1 Å². The van der Waals surface area contributed by atoms with Crippen molar-refractivity contribution >= 4 is 17.4 Å². The lowest BCUT2D eigenvalue weighted by Crippen LogP contribution is -2.22. The molecule has 0 saturated carbocycles. The molecule has 84 valence electrons. The molecular weight excluding hydrogens is 192 g/mol. The van der Waals surface area contributed by atoms with Crippen LogP contribution in [-0.4, -0.2) is 16.1 Å². The summed E-state index contributed by atoms with van der Waals surface area (Å²) in [7, 11) is 0. The number of aromatic nitrogens is 2. The van der Waals surface area contributed by atoms with Gasteiger partial charge in [-0.1, -0.05) is 13.8 Å². The molecule has 0 atom stereocenters. The van der Waals surface area contributed by atoms with E-state index in [1.54, 1.807) is 0 Å². The van der Waals surface area contributed by atoms with Crippen LogP contribution in [0, 0.1) is 12.8 Å². The summed E-state index contributed by atoms with van der Waals surface area (Å²) in [5.74, 6) is 0.448. The van der Waals surface area contributed by atoms with Gasteiger partial charge in [-0.25, -0.2) is 0 Å². The summed E-state index contributed by atoms with van der Waals surface area (Å²) < 4.78 is 0. The Morgan fingerprint density at radius 2 is 2.13 bits per heavy atom. The predicted molar refractivity (Wildman–Crippen MR) is 60.4 cm³/mol. The first-order valence-electron chi connectivity index (χ1n) is 5.21. The van der Waals surface area contributed by atoms with E-state index in [1.165, 1.54) is 0 Å². The number of nitrogens with two attached hydrogens (primary N) is 1. The third-order valence-corrected chi connectivity index (χ3v) is 2.59. The molecule has 0 aliphatic carbocycles. The number of aromatic amines is 1. The lowest BCUT2D eigenvalue weighted by Gasteiger charge is -2.11. The van der Waals surface area contributed by atoms with Crippen molar-refractivity contribution in [2.75, 3.05) is 11.1 Å².